The number of benzene rings is 2. The molecule has 2 aromatic carbocycles. The number of amides is 1. The summed E-state index contributed by atoms with van der Waals surface area (Å²) in [6, 6.07) is 13.6. The van der Waals surface area contributed by atoms with E-state index >= 15 is 0 Å². The van der Waals surface area contributed by atoms with Gasteiger partial charge in [0.05, 0.1) is 20.2 Å². The van der Waals surface area contributed by atoms with Gasteiger partial charge in [0.2, 0.25) is 0 Å². The Bertz CT molecular complexity index is 710. The molecule has 0 unspecified atom stereocenters. The van der Waals surface area contributed by atoms with Gasteiger partial charge in [-0.15, -0.1) is 0 Å². The van der Waals surface area contributed by atoms with Crippen molar-refractivity contribution in [2.45, 2.75) is 19.4 Å². The zero-order valence-electron chi connectivity index (χ0n) is 15.2. The summed E-state index contributed by atoms with van der Waals surface area (Å²) in [5, 5.41) is 2.33. The highest BCUT2D eigenvalue weighted by Gasteiger charge is 2.23. The molecule has 5 heteroatoms. The van der Waals surface area contributed by atoms with Crippen LogP contribution in [-0.4, -0.2) is 37.6 Å². The molecule has 3 rings (SSSR count). The van der Waals surface area contributed by atoms with Crippen LogP contribution in [0.5, 0.6) is 5.75 Å². The fourth-order valence-corrected chi connectivity index (χ4v) is 3.44. The molecule has 2 N–H and O–H groups in total. The summed E-state index contributed by atoms with van der Waals surface area (Å²) in [6.45, 7) is 3.51. The summed E-state index contributed by atoms with van der Waals surface area (Å²) in [4.78, 5) is 14.9. The van der Waals surface area contributed by atoms with Gasteiger partial charge >= 0.3 is 0 Å². The maximum absolute atomic E-state index is 13.2. The van der Waals surface area contributed by atoms with Gasteiger partial charge in [-0.25, -0.2) is 4.39 Å². The van der Waals surface area contributed by atoms with Crippen molar-refractivity contribution in [3.05, 3.63) is 65.5 Å². The molecule has 0 saturated carbocycles. The predicted octanol–water partition coefficient (Wildman–Crippen LogP) is 2.45. The second kappa shape index (κ2) is 8.81. The number of methoxy groups -OCH3 is 1. The molecule has 0 aromatic heterocycles. The molecule has 2 aromatic rings. The molecule has 1 aliphatic rings. The van der Waals surface area contributed by atoms with Crippen molar-refractivity contribution in [3.63, 3.8) is 0 Å². The SMILES string of the molecule is COc1ccc(CN(CC2CC[NH2+]CC2)C(=O)c2ccc(F)cc2)cc1. The Hall–Kier alpha value is -2.40. The van der Waals surface area contributed by atoms with Crippen LogP contribution in [0.25, 0.3) is 0 Å². The molecule has 0 bridgehead atoms. The summed E-state index contributed by atoms with van der Waals surface area (Å²) in [6.07, 6.45) is 2.24. The average molecular weight is 357 g/mol. The Morgan fingerprint density at radius 2 is 1.77 bits per heavy atom. The van der Waals surface area contributed by atoms with Gasteiger partial charge in [-0.2, -0.15) is 0 Å². The lowest BCUT2D eigenvalue weighted by atomic mass is 9.97. The Kier molecular flexibility index (Phi) is 6.23. The quantitative estimate of drug-likeness (QED) is 0.863. The number of nitrogens with two attached hydrogens (primary N) is 1. The Morgan fingerprint density at radius 3 is 2.38 bits per heavy atom. The molecule has 0 spiro atoms. The van der Waals surface area contributed by atoms with Crippen molar-refractivity contribution < 1.29 is 19.2 Å². The fraction of sp³-hybridized carbons (Fsp3) is 0.381. The van der Waals surface area contributed by atoms with Crippen LogP contribution in [0.2, 0.25) is 0 Å². The van der Waals surface area contributed by atoms with Gasteiger partial charge in [0.25, 0.3) is 5.91 Å². The maximum Gasteiger partial charge on any atom is 0.254 e. The van der Waals surface area contributed by atoms with E-state index in [4.69, 9.17) is 4.74 Å². The minimum Gasteiger partial charge on any atom is -0.497 e. The summed E-state index contributed by atoms with van der Waals surface area (Å²) in [5.74, 6) is 0.942. The number of rotatable bonds is 6. The molecule has 26 heavy (non-hydrogen) atoms. The summed E-state index contributed by atoms with van der Waals surface area (Å²) in [5.41, 5.74) is 1.59. The zero-order chi connectivity index (χ0) is 18.4. The van der Waals surface area contributed by atoms with Crippen LogP contribution >= 0.6 is 0 Å². The standard InChI is InChI=1S/C21H25FN2O2/c1-26-20-8-2-16(3-9-20)14-24(15-17-10-12-23-13-11-17)21(25)18-4-6-19(22)7-5-18/h2-9,17,23H,10-15H2,1H3/p+1. The average Bonchev–Trinajstić information content (AvgIpc) is 2.69. The topological polar surface area (TPSA) is 46.1 Å². The van der Waals surface area contributed by atoms with Gasteiger partial charge < -0.3 is 15.0 Å². The van der Waals surface area contributed by atoms with Crippen molar-refractivity contribution in [1.82, 2.24) is 4.90 Å². The highest BCUT2D eigenvalue weighted by Crippen LogP contribution is 2.19. The normalized spacial score (nSPS) is 14.8. The molecule has 1 fully saturated rings. The molecular weight excluding hydrogens is 331 g/mol. The van der Waals surface area contributed by atoms with E-state index in [1.54, 1.807) is 19.2 Å². The number of ether oxygens (including phenoxy) is 1. The Balaban J connectivity index is 1.77. The number of carbonyl (C=O) groups is 1. The van der Waals surface area contributed by atoms with Crippen LogP contribution in [-0.2, 0) is 6.54 Å². The van der Waals surface area contributed by atoms with Gasteiger partial charge in [-0.1, -0.05) is 12.1 Å². The largest absolute Gasteiger partial charge is 0.497 e. The number of halogens is 1. The lowest BCUT2D eigenvalue weighted by molar-refractivity contribution is -0.664. The molecule has 138 valence electrons. The number of nitrogens with zero attached hydrogens (tertiary/aromatic N) is 1. The summed E-state index contributed by atoms with van der Waals surface area (Å²) >= 11 is 0. The number of hydrogen-bond donors (Lipinski definition) is 1. The van der Waals surface area contributed by atoms with Crippen molar-refractivity contribution in [2.75, 3.05) is 26.7 Å². The lowest BCUT2D eigenvalue weighted by Crippen LogP contribution is -2.86. The summed E-state index contributed by atoms with van der Waals surface area (Å²) in [7, 11) is 1.64. The van der Waals surface area contributed by atoms with E-state index in [2.05, 4.69) is 5.32 Å². The van der Waals surface area contributed by atoms with E-state index in [0.717, 1.165) is 43.8 Å². The van der Waals surface area contributed by atoms with Gasteiger partial charge in [-0.3, -0.25) is 4.79 Å². The second-order valence-corrected chi connectivity index (χ2v) is 6.85. The minimum absolute atomic E-state index is 0.0460. The minimum atomic E-state index is -0.328. The number of piperidine rings is 1. The number of carbonyl (C=O) groups excluding carboxylic acids is 1. The first kappa shape index (κ1) is 18.4. The van der Waals surface area contributed by atoms with E-state index in [1.165, 1.54) is 12.1 Å². The van der Waals surface area contributed by atoms with Gasteiger partial charge in [-0.05, 0) is 47.9 Å². The molecule has 4 nitrogen and oxygen atoms in total. The van der Waals surface area contributed by atoms with Crippen LogP contribution in [0.3, 0.4) is 0 Å². The molecule has 0 radical (unpaired) electrons. The molecule has 0 aliphatic carbocycles. The monoisotopic (exact) mass is 357 g/mol. The maximum atomic E-state index is 13.2. The van der Waals surface area contributed by atoms with Crippen LogP contribution in [0, 0.1) is 11.7 Å². The second-order valence-electron chi connectivity index (χ2n) is 6.85. The van der Waals surface area contributed by atoms with Crippen molar-refractivity contribution >= 4 is 5.91 Å². The van der Waals surface area contributed by atoms with E-state index in [-0.39, 0.29) is 11.7 Å². The highest BCUT2D eigenvalue weighted by atomic mass is 19.1. The van der Waals surface area contributed by atoms with E-state index < -0.39 is 0 Å². The van der Waals surface area contributed by atoms with Gasteiger partial charge in [0.1, 0.15) is 11.6 Å². The van der Waals surface area contributed by atoms with E-state index in [0.29, 0.717) is 18.0 Å². The van der Waals surface area contributed by atoms with Crippen LogP contribution in [0.1, 0.15) is 28.8 Å². The first-order chi connectivity index (χ1) is 12.7. The van der Waals surface area contributed by atoms with E-state index in [1.807, 2.05) is 29.2 Å². The molecule has 1 saturated heterocycles. The van der Waals surface area contributed by atoms with Crippen LogP contribution in [0.4, 0.5) is 4.39 Å². The molecule has 1 amide bonds. The third-order valence-electron chi connectivity index (χ3n) is 4.95. The van der Waals surface area contributed by atoms with Crippen molar-refractivity contribution in [1.29, 1.82) is 0 Å². The molecule has 1 heterocycles. The van der Waals surface area contributed by atoms with Crippen LogP contribution < -0.4 is 10.1 Å². The number of quaternary nitrogens is 1. The smallest absolute Gasteiger partial charge is 0.254 e. The Labute approximate surface area is 154 Å². The van der Waals surface area contributed by atoms with Gasteiger partial charge in [0, 0.05) is 31.5 Å². The van der Waals surface area contributed by atoms with Gasteiger partial charge in [0.15, 0.2) is 0 Å². The van der Waals surface area contributed by atoms with E-state index in [9.17, 15) is 9.18 Å². The zero-order valence-corrected chi connectivity index (χ0v) is 15.2. The van der Waals surface area contributed by atoms with Crippen molar-refractivity contribution in [3.8, 4) is 5.75 Å². The predicted molar refractivity (Wildman–Crippen MR) is 98.5 cm³/mol. The summed E-state index contributed by atoms with van der Waals surface area (Å²) < 4.78 is 18.4. The third-order valence-corrected chi connectivity index (χ3v) is 4.95. The number of hydrogen-bond acceptors (Lipinski definition) is 2. The lowest BCUT2D eigenvalue weighted by Gasteiger charge is -2.29. The highest BCUT2D eigenvalue weighted by molar-refractivity contribution is 5.94. The van der Waals surface area contributed by atoms with Crippen molar-refractivity contribution in [2.24, 2.45) is 5.92 Å². The van der Waals surface area contributed by atoms with Crippen LogP contribution in [0.15, 0.2) is 48.5 Å². The first-order valence-corrected chi connectivity index (χ1v) is 9.15. The first-order valence-electron chi connectivity index (χ1n) is 9.15. The molecule has 1 aliphatic heterocycles. The fourth-order valence-electron chi connectivity index (χ4n) is 3.44. The Morgan fingerprint density at radius 1 is 1.12 bits per heavy atom. The third kappa shape index (κ3) is 4.82. The molecule has 0 atom stereocenters. The molecular formula is C21H26FN2O2+.